The molecule has 7 heteroatoms. The van der Waals surface area contributed by atoms with E-state index in [2.05, 4.69) is 17.6 Å². The molecule has 0 saturated heterocycles. The average molecular weight is 480 g/mol. The van der Waals surface area contributed by atoms with Gasteiger partial charge in [-0.15, -0.1) is 0 Å². The number of amides is 3. The van der Waals surface area contributed by atoms with Crippen LogP contribution in [0.4, 0.5) is 5.69 Å². The number of hydrogen-bond acceptors (Lipinski definition) is 4. The molecule has 0 radical (unpaired) electrons. The fraction of sp³-hybridized carbons (Fsp3) is 0.464. The molecule has 1 saturated carbocycles. The molecule has 0 aromatic heterocycles. The molecule has 1 aliphatic rings. The van der Waals surface area contributed by atoms with Gasteiger partial charge in [0.2, 0.25) is 11.8 Å². The van der Waals surface area contributed by atoms with Crippen LogP contribution in [0.25, 0.3) is 0 Å². The number of ether oxygens (including phenoxy) is 1. The molecule has 0 unspecified atom stereocenters. The van der Waals surface area contributed by atoms with Crippen molar-refractivity contribution in [2.75, 3.05) is 25.0 Å². The maximum Gasteiger partial charge on any atom is 0.254 e. The zero-order chi connectivity index (χ0) is 25.0. The summed E-state index contributed by atoms with van der Waals surface area (Å²) in [6.07, 6.45) is 7.03. The number of rotatable bonds is 11. The molecule has 0 bridgehead atoms. The van der Waals surface area contributed by atoms with Crippen LogP contribution in [0, 0.1) is 6.92 Å². The molecule has 3 amide bonds. The van der Waals surface area contributed by atoms with Crippen molar-refractivity contribution in [2.45, 2.75) is 64.8 Å². The minimum atomic E-state index is -0.345. The number of carbonyl (C=O) groups is 3. The van der Waals surface area contributed by atoms with E-state index in [1.807, 2.05) is 25.1 Å². The van der Waals surface area contributed by atoms with Crippen LogP contribution in [-0.2, 0) is 9.59 Å². The first-order chi connectivity index (χ1) is 17.0. The molecule has 7 nitrogen and oxygen atoms in total. The summed E-state index contributed by atoms with van der Waals surface area (Å²) in [5.74, 6) is -0.0889. The fourth-order valence-corrected chi connectivity index (χ4v) is 4.27. The van der Waals surface area contributed by atoms with Gasteiger partial charge in [0.05, 0.1) is 13.2 Å². The van der Waals surface area contributed by atoms with Gasteiger partial charge in [-0.1, -0.05) is 44.7 Å². The minimum Gasteiger partial charge on any atom is -0.494 e. The van der Waals surface area contributed by atoms with Crippen LogP contribution in [0.3, 0.4) is 0 Å². The summed E-state index contributed by atoms with van der Waals surface area (Å²) in [5, 5.41) is 5.45. The number of aryl methyl sites for hydroxylation is 1. The van der Waals surface area contributed by atoms with Gasteiger partial charge in [-0.3, -0.25) is 14.4 Å². The second-order valence-corrected chi connectivity index (χ2v) is 9.15. The van der Waals surface area contributed by atoms with Gasteiger partial charge in [0.15, 0.2) is 0 Å². The summed E-state index contributed by atoms with van der Waals surface area (Å²) >= 11 is 0. The molecule has 2 aromatic rings. The van der Waals surface area contributed by atoms with E-state index in [0.717, 1.165) is 56.3 Å². The standard InChI is InChI=1S/C28H37N3O4/c1-3-4-17-35-25-15-13-22(14-16-25)28(34)31(24-11-6-5-7-12-24)20-27(33)29-19-26(32)30-23-10-8-9-21(2)18-23/h8-10,13-16,18,24H,3-7,11-12,17,19-20H2,1-2H3,(H,29,33)(H,30,32). The predicted molar refractivity (Wildman–Crippen MR) is 138 cm³/mol. The highest BCUT2D eigenvalue weighted by Crippen LogP contribution is 2.24. The van der Waals surface area contributed by atoms with Crippen molar-refractivity contribution in [3.63, 3.8) is 0 Å². The van der Waals surface area contributed by atoms with E-state index < -0.39 is 0 Å². The Morgan fingerprint density at radius 3 is 2.43 bits per heavy atom. The Hall–Kier alpha value is -3.35. The minimum absolute atomic E-state index is 0.0172. The maximum atomic E-state index is 13.4. The highest BCUT2D eigenvalue weighted by Gasteiger charge is 2.28. The van der Waals surface area contributed by atoms with Crippen molar-refractivity contribution in [1.82, 2.24) is 10.2 Å². The number of benzene rings is 2. The molecule has 188 valence electrons. The molecular formula is C28H37N3O4. The fourth-order valence-electron chi connectivity index (χ4n) is 4.27. The van der Waals surface area contributed by atoms with Crippen LogP contribution < -0.4 is 15.4 Å². The maximum absolute atomic E-state index is 13.4. The van der Waals surface area contributed by atoms with Gasteiger partial charge in [-0.2, -0.15) is 0 Å². The van der Waals surface area contributed by atoms with E-state index in [-0.39, 0.29) is 36.9 Å². The molecule has 1 aliphatic carbocycles. The van der Waals surface area contributed by atoms with Gasteiger partial charge in [-0.05, 0) is 68.1 Å². The zero-order valence-corrected chi connectivity index (χ0v) is 20.8. The Kier molecular flexibility index (Phi) is 10.1. The molecule has 35 heavy (non-hydrogen) atoms. The molecule has 2 aromatic carbocycles. The molecule has 3 rings (SSSR count). The van der Waals surface area contributed by atoms with Crippen molar-refractivity contribution >= 4 is 23.4 Å². The first-order valence-electron chi connectivity index (χ1n) is 12.6. The van der Waals surface area contributed by atoms with E-state index in [0.29, 0.717) is 17.9 Å². The van der Waals surface area contributed by atoms with Crippen molar-refractivity contribution in [3.05, 3.63) is 59.7 Å². The van der Waals surface area contributed by atoms with Gasteiger partial charge in [0, 0.05) is 17.3 Å². The summed E-state index contributed by atoms with van der Waals surface area (Å²) in [5.41, 5.74) is 2.25. The number of hydrogen-bond donors (Lipinski definition) is 2. The lowest BCUT2D eigenvalue weighted by Gasteiger charge is -2.34. The van der Waals surface area contributed by atoms with E-state index >= 15 is 0 Å². The second kappa shape index (κ2) is 13.5. The van der Waals surface area contributed by atoms with Crippen LogP contribution in [0.15, 0.2) is 48.5 Å². The van der Waals surface area contributed by atoms with Gasteiger partial charge in [0.25, 0.3) is 5.91 Å². The van der Waals surface area contributed by atoms with Crippen LogP contribution in [0.1, 0.15) is 67.8 Å². The third-order valence-corrected chi connectivity index (χ3v) is 6.21. The topological polar surface area (TPSA) is 87.7 Å². The molecular weight excluding hydrogens is 442 g/mol. The van der Waals surface area contributed by atoms with Crippen molar-refractivity contribution in [1.29, 1.82) is 0 Å². The van der Waals surface area contributed by atoms with Crippen molar-refractivity contribution in [3.8, 4) is 5.75 Å². The number of nitrogens with one attached hydrogen (secondary N) is 2. The molecule has 0 atom stereocenters. The monoisotopic (exact) mass is 479 g/mol. The molecule has 0 heterocycles. The molecule has 2 N–H and O–H groups in total. The van der Waals surface area contributed by atoms with Gasteiger partial charge in [0.1, 0.15) is 12.3 Å². The first kappa shape index (κ1) is 26.3. The summed E-state index contributed by atoms with van der Waals surface area (Å²) in [6, 6.07) is 14.6. The SMILES string of the molecule is CCCCOc1ccc(C(=O)N(CC(=O)NCC(=O)Nc2cccc(C)c2)C2CCCCC2)cc1. The van der Waals surface area contributed by atoms with Crippen molar-refractivity contribution in [2.24, 2.45) is 0 Å². The van der Waals surface area contributed by atoms with Gasteiger partial charge < -0.3 is 20.3 Å². The first-order valence-corrected chi connectivity index (χ1v) is 12.6. The average Bonchev–Trinajstić information content (AvgIpc) is 2.87. The van der Waals surface area contributed by atoms with Crippen LogP contribution in [0.2, 0.25) is 0 Å². The Bertz CT molecular complexity index is 984. The van der Waals surface area contributed by atoms with Crippen molar-refractivity contribution < 1.29 is 19.1 Å². The van der Waals surface area contributed by atoms with E-state index in [1.165, 1.54) is 0 Å². The normalized spacial score (nSPS) is 13.7. The third kappa shape index (κ3) is 8.42. The lowest BCUT2D eigenvalue weighted by molar-refractivity contribution is -0.125. The highest BCUT2D eigenvalue weighted by molar-refractivity contribution is 5.98. The quantitative estimate of drug-likeness (QED) is 0.457. The third-order valence-electron chi connectivity index (χ3n) is 6.21. The van der Waals surface area contributed by atoms with E-state index in [9.17, 15) is 14.4 Å². The van der Waals surface area contributed by atoms with Crippen LogP contribution in [0.5, 0.6) is 5.75 Å². The smallest absolute Gasteiger partial charge is 0.254 e. The van der Waals surface area contributed by atoms with Gasteiger partial charge in [-0.25, -0.2) is 0 Å². The summed E-state index contributed by atoms with van der Waals surface area (Å²) < 4.78 is 5.70. The zero-order valence-electron chi connectivity index (χ0n) is 20.8. The highest BCUT2D eigenvalue weighted by atomic mass is 16.5. The summed E-state index contributed by atoms with van der Waals surface area (Å²) in [6.45, 7) is 4.48. The van der Waals surface area contributed by atoms with Gasteiger partial charge >= 0.3 is 0 Å². The lowest BCUT2D eigenvalue weighted by Crippen LogP contribution is -2.48. The van der Waals surface area contributed by atoms with E-state index in [1.54, 1.807) is 35.2 Å². The second-order valence-electron chi connectivity index (χ2n) is 9.15. The largest absolute Gasteiger partial charge is 0.494 e. The number of anilines is 1. The number of nitrogens with zero attached hydrogens (tertiary/aromatic N) is 1. The summed E-state index contributed by atoms with van der Waals surface area (Å²) in [7, 11) is 0. The molecule has 0 aliphatic heterocycles. The predicted octanol–water partition coefficient (Wildman–Crippen LogP) is 4.70. The van der Waals surface area contributed by atoms with Crippen LogP contribution in [-0.4, -0.2) is 48.4 Å². The Labute approximate surface area is 208 Å². The summed E-state index contributed by atoms with van der Waals surface area (Å²) in [4.78, 5) is 40.1. The lowest BCUT2D eigenvalue weighted by atomic mass is 9.93. The number of carbonyl (C=O) groups excluding carboxylic acids is 3. The molecule has 1 fully saturated rings. The molecule has 0 spiro atoms. The Balaban J connectivity index is 1.59. The Morgan fingerprint density at radius 1 is 1.00 bits per heavy atom. The van der Waals surface area contributed by atoms with Crippen LogP contribution >= 0.6 is 0 Å². The Morgan fingerprint density at radius 2 is 1.74 bits per heavy atom. The van der Waals surface area contributed by atoms with E-state index in [4.69, 9.17) is 4.74 Å². The number of unbranched alkanes of at least 4 members (excludes halogenated alkanes) is 1.